The van der Waals surface area contributed by atoms with Gasteiger partial charge in [0, 0.05) is 33.8 Å². The van der Waals surface area contributed by atoms with Crippen LogP contribution in [-0.4, -0.2) is 0 Å². The van der Waals surface area contributed by atoms with Crippen LogP contribution in [-0.2, 0) is 5.41 Å². The normalized spacial score (nSPS) is 13.2. The summed E-state index contributed by atoms with van der Waals surface area (Å²) in [6, 6.07) is 63.4. The van der Waals surface area contributed by atoms with Gasteiger partial charge in [0.1, 0.15) is 11.5 Å². The van der Waals surface area contributed by atoms with Crippen molar-refractivity contribution >= 4 is 27.8 Å². The summed E-state index contributed by atoms with van der Waals surface area (Å²) in [4.78, 5) is 2.42. The largest absolute Gasteiger partial charge is 0.456 e. The van der Waals surface area contributed by atoms with Crippen LogP contribution in [0.5, 0.6) is 11.5 Å². The fourth-order valence-corrected chi connectivity index (χ4v) is 8.50. The molecule has 2 nitrogen and oxygen atoms in total. The summed E-state index contributed by atoms with van der Waals surface area (Å²) >= 11 is 0. The molecule has 2 aliphatic rings. The molecular weight excluding hydrogens is 619 g/mol. The molecule has 1 heterocycles. The van der Waals surface area contributed by atoms with Crippen LogP contribution in [0.4, 0.5) is 17.1 Å². The topological polar surface area (TPSA) is 12.5 Å². The lowest BCUT2D eigenvalue weighted by atomic mass is 9.81. The van der Waals surface area contributed by atoms with E-state index in [1.54, 1.807) is 0 Å². The van der Waals surface area contributed by atoms with E-state index in [0.717, 1.165) is 33.8 Å². The van der Waals surface area contributed by atoms with E-state index in [9.17, 15) is 0 Å². The van der Waals surface area contributed by atoms with Gasteiger partial charge in [-0.05, 0) is 91.9 Å². The number of anilines is 3. The molecule has 0 saturated heterocycles. The average Bonchev–Trinajstić information content (AvgIpc) is 3.42. The Morgan fingerprint density at radius 2 is 1.06 bits per heavy atom. The second kappa shape index (κ2) is 11.3. The summed E-state index contributed by atoms with van der Waals surface area (Å²) in [5.41, 5.74) is 15.6. The highest BCUT2D eigenvalue weighted by molar-refractivity contribution is 6.10. The number of rotatable bonds is 5. The van der Waals surface area contributed by atoms with Gasteiger partial charge < -0.3 is 9.64 Å². The number of hydrogen-bond acceptors (Lipinski definition) is 2. The third-order valence-electron chi connectivity index (χ3n) is 10.9. The summed E-state index contributed by atoms with van der Waals surface area (Å²) in [5.74, 6) is 1.75. The first-order chi connectivity index (χ1) is 25.1. The van der Waals surface area contributed by atoms with Gasteiger partial charge >= 0.3 is 0 Å². The number of fused-ring (bicyclic) bond motifs is 5. The van der Waals surface area contributed by atoms with Gasteiger partial charge in [-0.2, -0.15) is 0 Å². The lowest BCUT2D eigenvalue weighted by molar-refractivity contribution is 0.487. The molecule has 0 bridgehead atoms. The molecule has 0 N–H and O–H groups in total. The molecule has 8 aromatic rings. The summed E-state index contributed by atoms with van der Waals surface area (Å²) in [6.07, 6.45) is 0. The van der Waals surface area contributed by atoms with Gasteiger partial charge in [0.15, 0.2) is 0 Å². The smallest absolute Gasteiger partial charge is 0.137 e. The molecule has 51 heavy (non-hydrogen) atoms. The molecule has 0 saturated carbocycles. The second-order valence-electron chi connectivity index (χ2n) is 14.1. The summed E-state index contributed by atoms with van der Waals surface area (Å²) in [5, 5.41) is 2.36. The van der Waals surface area contributed by atoms with Gasteiger partial charge in [-0.25, -0.2) is 0 Å². The van der Waals surface area contributed by atoms with E-state index in [0.29, 0.717) is 0 Å². The van der Waals surface area contributed by atoms with Crippen molar-refractivity contribution in [2.75, 3.05) is 4.90 Å². The van der Waals surface area contributed by atoms with E-state index in [4.69, 9.17) is 4.74 Å². The van der Waals surface area contributed by atoms with Gasteiger partial charge in [-0.1, -0.05) is 147 Å². The van der Waals surface area contributed by atoms with E-state index in [2.05, 4.69) is 195 Å². The monoisotopic (exact) mass is 653 g/mol. The Bertz CT molecular complexity index is 2620. The summed E-state index contributed by atoms with van der Waals surface area (Å²) < 4.78 is 6.84. The van der Waals surface area contributed by atoms with Crippen LogP contribution in [0.25, 0.3) is 55.3 Å². The first kappa shape index (κ1) is 29.5. The minimum Gasteiger partial charge on any atom is -0.456 e. The maximum atomic E-state index is 6.84. The van der Waals surface area contributed by atoms with Crippen LogP contribution in [0, 0.1) is 0 Å². The number of ether oxygens (including phenoxy) is 1. The Balaban J connectivity index is 1.15. The quantitative estimate of drug-likeness (QED) is 0.183. The van der Waals surface area contributed by atoms with Crippen LogP contribution in [0.2, 0.25) is 0 Å². The molecule has 242 valence electrons. The van der Waals surface area contributed by atoms with Crippen molar-refractivity contribution in [3.05, 3.63) is 187 Å². The maximum absolute atomic E-state index is 6.84. The standard InChI is InChI=1S/C49H35NO/c1-49(2)43-21-10-9-17-38(43)42-20-12-22-44(48(42)49)50(35-25-23-33(24-26-35)32-13-5-3-6-14-32)36-27-28-39-41-19-11-18-40-37(34-15-7-4-8-16-34)29-30-45(47(40)41)51-46(39)31-36/h3-31H,1-2H3. The number of benzene rings is 8. The Morgan fingerprint density at radius 1 is 0.431 bits per heavy atom. The number of nitrogens with zero attached hydrogens (tertiary/aromatic N) is 1. The molecule has 8 aromatic carbocycles. The van der Waals surface area contributed by atoms with E-state index in [1.807, 2.05) is 0 Å². The summed E-state index contributed by atoms with van der Waals surface area (Å²) in [7, 11) is 0. The molecule has 2 heteroatoms. The van der Waals surface area contributed by atoms with Crippen LogP contribution in [0.1, 0.15) is 25.0 Å². The van der Waals surface area contributed by atoms with E-state index in [-0.39, 0.29) is 5.41 Å². The van der Waals surface area contributed by atoms with Crippen LogP contribution in [0.15, 0.2) is 176 Å². The Labute approximate surface area is 298 Å². The third-order valence-corrected chi connectivity index (χ3v) is 10.9. The molecular formula is C49H35NO. The Hall–Kier alpha value is -6.38. The van der Waals surface area contributed by atoms with Gasteiger partial charge in [-0.15, -0.1) is 0 Å². The molecule has 0 fully saturated rings. The predicted molar refractivity (Wildman–Crippen MR) is 213 cm³/mol. The molecule has 1 aliphatic heterocycles. The highest BCUT2D eigenvalue weighted by Crippen LogP contribution is 2.55. The van der Waals surface area contributed by atoms with Crippen molar-refractivity contribution < 1.29 is 4.74 Å². The molecule has 10 rings (SSSR count). The van der Waals surface area contributed by atoms with Crippen molar-refractivity contribution in [1.29, 1.82) is 0 Å². The first-order valence-electron chi connectivity index (χ1n) is 17.7. The Morgan fingerprint density at radius 3 is 1.86 bits per heavy atom. The minimum absolute atomic E-state index is 0.180. The zero-order valence-corrected chi connectivity index (χ0v) is 28.6. The predicted octanol–water partition coefficient (Wildman–Crippen LogP) is 13.7. The average molecular weight is 654 g/mol. The maximum Gasteiger partial charge on any atom is 0.137 e. The molecule has 0 radical (unpaired) electrons. The van der Waals surface area contributed by atoms with Crippen LogP contribution < -0.4 is 9.64 Å². The lowest BCUT2D eigenvalue weighted by Gasteiger charge is -2.33. The molecule has 1 aliphatic carbocycles. The molecule has 0 unspecified atom stereocenters. The van der Waals surface area contributed by atoms with Gasteiger partial charge in [0.05, 0.1) is 5.69 Å². The van der Waals surface area contributed by atoms with Crippen molar-refractivity contribution in [2.24, 2.45) is 0 Å². The van der Waals surface area contributed by atoms with E-state index in [1.165, 1.54) is 61.1 Å². The zero-order valence-electron chi connectivity index (χ0n) is 28.6. The van der Waals surface area contributed by atoms with Crippen molar-refractivity contribution in [3.63, 3.8) is 0 Å². The summed E-state index contributed by atoms with van der Waals surface area (Å²) in [6.45, 7) is 4.71. The van der Waals surface area contributed by atoms with Crippen molar-refractivity contribution in [1.82, 2.24) is 0 Å². The van der Waals surface area contributed by atoms with E-state index >= 15 is 0 Å². The molecule has 0 amide bonds. The van der Waals surface area contributed by atoms with Gasteiger partial charge in [0.25, 0.3) is 0 Å². The molecule has 0 aromatic heterocycles. The minimum atomic E-state index is -0.180. The third kappa shape index (κ3) is 4.57. The zero-order chi connectivity index (χ0) is 34.1. The van der Waals surface area contributed by atoms with Gasteiger partial charge in [0.2, 0.25) is 0 Å². The van der Waals surface area contributed by atoms with Crippen molar-refractivity contribution in [2.45, 2.75) is 19.3 Å². The highest BCUT2D eigenvalue weighted by atomic mass is 16.5. The SMILES string of the molecule is CC1(C)c2ccccc2-c2cccc(N(c3ccc(-c4ccccc4)cc3)c3ccc4c(c3)Oc3ccc(-c5ccccc5)c5cccc-4c35)c21. The molecule has 0 atom stereocenters. The molecule has 0 spiro atoms. The second-order valence-corrected chi connectivity index (χ2v) is 14.1. The fraction of sp³-hybridized carbons (Fsp3) is 0.0612. The van der Waals surface area contributed by atoms with Crippen LogP contribution >= 0.6 is 0 Å². The lowest BCUT2D eigenvalue weighted by Crippen LogP contribution is -2.20. The first-order valence-corrected chi connectivity index (χ1v) is 17.7. The number of hydrogen-bond donors (Lipinski definition) is 0. The van der Waals surface area contributed by atoms with Crippen molar-refractivity contribution in [3.8, 4) is 56.0 Å². The fourth-order valence-electron chi connectivity index (χ4n) is 8.50. The highest BCUT2D eigenvalue weighted by Gasteiger charge is 2.39. The Kier molecular flexibility index (Phi) is 6.56. The van der Waals surface area contributed by atoms with Crippen LogP contribution in [0.3, 0.4) is 0 Å². The van der Waals surface area contributed by atoms with Gasteiger partial charge in [-0.3, -0.25) is 0 Å². The van der Waals surface area contributed by atoms with E-state index < -0.39 is 0 Å².